The Morgan fingerprint density at radius 1 is 1.03 bits per heavy atom. The van der Waals surface area contributed by atoms with Crippen LogP contribution in [-0.4, -0.2) is 42.8 Å². The maximum absolute atomic E-state index is 13.2. The number of ketones is 1. The smallest absolute Gasteiger partial charge is 0.327 e. The van der Waals surface area contributed by atoms with Crippen molar-refractivity contribution in [3.8, 4) is 11.1 Å². The fraction of sp³-hybridized carbons (Fsp3) is 0.167. The molecular weight excluding hydrogens is 476 g/mol. The highest BCUT2D eigenvalue weighted by atomic mass is 32.2. The molecular formula is C24H20N2O8S. The molecule has 1 aliphatic rings. The molecule has 11 heteroatoms. The van der Waals surface area contributed by atoms with Gasteiger partial charge >= 0.3 is 5.97 Å². The van der Waals surface area contributed by atoms with Crippen LogP contribution in [0.15, 0.2) is 71.6 Å². The molecule has 3 aromatic carbocycles. The maximum atomic E-state index is 13.2. The average molecular weight is 496 g/mol. The number of hydrogen-bond donors (Lipinski definition) is 2. The molecule has 0 amide bonds. The van der Waals surface area contributed by atoms with Crippen LogP contribution in [-0.2, 0) is 19.6 Å². The third-order valence-corrected chi connectivity index (χ3v) is 7.01. The predicted octanol–water partition coefficient (Wildman–Crippen LogP) is 2.75. The van der Waals surface area contributed by atoms with Gasteiger partial charge in [-0.15, -0.1) is 0 Å². The van der Waals surface area contributed by atoms with Crippen molar-refractivity contribution in [3.63, 3.8) is 0 Å². The number of nitro benzene ring substituents is 1. The number of carbonyl (C=O) groups is 2. The number of nitrogens with one attached hydrogen (secondary N) is 1. The molecule has 0 bridgehead atoms. The molecule has 1 aliphatic carbocycles. The summed E-state index contributed by atoms with van der Waals surface area (Å²) in [5.74, 6) is -1.40. The molecule has 0 heterocycles. The molecule has 0 unspecified atom stereocenters. The third kappa shape index (κ3) is 4.56. The molecule has 3 aromatic rings. The fourth-order valence-corrected chi connectivity index (χ4v) is 5.11. The molecule has 0 spiro atoms. The number of non-ortho nitro benzene ring substituents is 1. The molecule has 0 radical (unpaired) electrons. The molecule has 0 saturated heterocycles. The summed E-state index contributed by atoms with van der Waals surface area (Å²) in [7, 11) is -4.43. The van der Waals surface area contributed by atoms with Gasteiger partial charge in [0.15, 0.2) is 5.78 Å². The lowest BCUT2D eigenvalue weighted by Crippen LogP contribution is -2.45. The second-order valence-corrected chi connectivity index (χ2v) is 9.44. The van der Waals surface area contributed by atoms with Crippen LogP contribution in [0.25, 0.3) is 11.1 Å². The Morgan fingerprint density at radius 2 is 1.71 bits per heavy atom. The minimum Gasteiger partial charge on any atom is -0.465 e. The van der Waals surface area contributed by atoms with E-state index in [1.165, 1.54) is 43.3 Å². The Bertz CT molecular complexity index is 1450. The van der Waals surface area contributed by atoms with E-state index in [0.717, 1.165) is 6.07 Å². The summed E-state index contributed by atoms with van der Waals surface area (Å²) in [6.07, 6.45) is -1.79. The Kier molecular flexibility index (Phi) is 6.48. The van der Waals surface area contributed by atoms with E-state index in [-0.39, 0.29) is 34.1 Å². The Labute approximate surface area is 200 Å². The topological polar surface area (TPSA) is 153 Å². The van der Waals surface area contributed by atoms with Crippen LogP contribution >= 0.6 is 0 Å². The highest BCUT2D eigenvalue weighted by Gasteiger charge is 2.36. The second-order valence-electron chi connectivity index (χ2n) is 7.73. The van der Waals surface area contributed by atoms with Crippen LogP contribution in [0.1, 0.15) is 34.5 Å². The minimum atomic E-state index is -4.43. The number of nitro groups is 1. The van der Waals surface area contributed by atoms with Crippen LogP contribution in [0.2, 0.25) is 0 Å². The van der Waals surface area contributed by atoms with E-state index in [1.54, 1.807) is 24.3 Å². The predicted molar refractivity (Wildman–Crippen MR) is 124 cm³/mol. The zero-order valence-corrected chi connectivity index (χ0v) is 19.2. The van der Waals surface area contributed by atoms with Gasteiger partial charge in [-0.25, -0.2) is 8.42 Å². The molecule has 2 N–H and O–H groups in total. The number of sulfonamides is 1. The standard InChI is InChI=1S/C24H20N2O8S/c1-2-34-24(29)21(22(27)14-6-5-7-15(12-14)26(30)31)25-35(32,33)16-10-11-18-17-8-3-4-9-19(17)23(28)20(18)13-16/h3-13,21-22,25,27H,2H2,1H3/t21-,22+/m0/s1. The van der Waals surface area contributed by atoms with Gasteiger partial charge in [0.2, 0.25) is 10.0 Å². The first-order valence-corrected chi connectivity index (χ1v) is 12.0. The lowest BCUT2D eigenvalue weighted by molar-refractivity contribution is -0.385. The van der Waals surface area contributed by atoms with E-state index in [2.05, 4.69) is 4.72 Å². The Hall–Kier alpha value is -3.93. The summed E-state index contributed by atoms with van der Waals surface area (Å²) in [5, 5.41) is 21.9. The highest BCUT2D eigenvalue weighted by molar-refractivity contribution is 7.89. The summed E-state index contributed by atoms with van der Waals surface area (Å²) < 4.78 is 33.4. The first kappa shape index (κ1) is 24.2. The van der Waals surface area contributed by atoms with E-state index < -0.39 is 33.1 Å². The van der Waals surface area contributed by atoms with Crippen LogP contribution in [0.3, 0.4) is 0 Å². The third-order valence-electron chi connectivity index (χ3n) is 5.57. The van der Waals surface area contributed by atoms with Crippen molar-refractivity contribution < 1.29 is 32.8 Å². The van der Waals surface area contributed by atoms with Gasteiger partial charge in [0.1, 0.15) is 12.1 Å². The van der Waals surface area contributed by atoms with Gasteiger partial charge in [-0.1, -0.05) is 42.5 Å². The average Bonchev–Trinajstić information content (AvgIpc) is 3.14. The largest absolute Gasteiger partial charge is 0.465 e. The number of benzene rings is 3. The normalized spacial score (nSPS) is 14.1. The number of ether oxygens (including phenoxy) is 1. The van der Waals surface area contributed by atoms with E-state index in [4.69, 9.17) is 4.74 Å². The number of rotatable bonds is 8. The number of fused-ring (bicyclic) bond motifs is 3. The van der Waals surface area contributed by atoms with Gasteiger partial charge in [0.25, 0.3) is 5.69 Å². The van der Waals surface area contributed by atoms with Crippen molar-refractivity contribution in [3.05, 3.63) is 93.5 Å². The lowest BCUT2D eigenvalue weighted by Gasteiger charge is -2.23. The summed E-state index contributed by atoms with van der Waals surface area (Å²) in [4.78, 5) is 35.5. The molecule has 0 aliphatic heterocycles. The van der Waals surface area contributed by atoms with Crippen LogP contribution < -0.4 is 4.72 Å². The van der Waals surface area contributed by atoms with Crippen molar-refractivity contribution in [2.45, 2.75) is 24.0 Å². The number of esters is 1. The molecule has 0 fully saturated rings. The van der Waals surface area contributed by atoms with Crippen molar-refractivity contribution >= 4 is 27.5 Å². The number of hydrogen-bond acceptors (Lipinski definition) is 8. The quantitative estimate of drug-likeness (QED) is 0.214. The molecule has 0 aromatic heterocycles. The summed E-state index contributed by atoms with van der Waals surface area (Å²) in [6, 6.07) is 13.9. The van der Waals surface area contributed by atoms with Crippen molar-refractivity contribution in [2.24, 2.45) is 0 Å². The maximum Gasteiger partial charge on any atom is 0.327 e. The Morgan fingerprint density at radius 3 is 2.40 bits per heavy atom. The number of aliphatic hydroxyl groups is 1. The second kappa shape index (κ2) is 9.37. The van der Waals surface area contributed by atoms with Gasteiger partial charge in [-0.05, 0) is 35.7 Å². The highest BCUT2D eigenvalue weighted by Crippen LogP contribution is 2.37. The van der Waals surface area contributed by atoms with Crippen molar-refractivity contribution in [1.82, 2.24) is 4.72 Å². The molecule has 0 saturated carbocycles. The monoisotopic (exact) mass is 496 g/mol. The first-order chi connectivity index (χ1) is 16.6. The number of aliphatic hydroxyl groups excluding tert-OH is 1. The number of nitrogens with zero attached hydrogens (tertiary/aromatic N) is 1. The van der Waals surface area contributed by atoms with E-state index in [1.807, 2.05) is 0 Å². The van der Waals surface area contributed by atoms with Crippen LogP contribution in [0, 0.1) is 10.1 Å². The zero-order chi connectivity index (χ0) is 25.3. The van der Waals surface area contributed by atoms with Gasteiger partial charge in [-0.2, -0.15) is 4.72 Å². The van der Waals surface area contributed by atoms with Crippen molar-refractivity contribution in [2.75, 3.05) is 6.61 Å². The Balaban J connectivity index is 1.68. The minimum absolute atomic E-state index is 0.0560. The molecule has 180 valence electrons. The SMILES string of the molecule is CCOC(=O)[C@@H](NS(=O)(=O)c1ccc2c(c1)C(=O)c1ccccc1-2)[C@H](O)c1cccc([N+](=O)[O-])c1. The van der Waals surface area contributed by atoms with Crippen LogP contribution in [0.4, 0.5) is 5.69 Å². The molecule has 10 nitrogen and oxygen atoms in total. The summed E-state index contributed by atoms with van der Waals surface area (Å²) in [5.41, 5.74) is 1.53. The van der Waals surface area contributed by atoms with Gasteiger partial charge < -0.3 is 9.84 Å². The first-order valence-electron chi connectivity index (χ1n) is 10.5. The summed E-state index contributed by atoms with van der Waals surface area (Å²) >= 11 is 0. The molecule has 4 rings (SSSR count). The van der Waals surface area contributed by atoms with Crippen molar-refractivity contribution in [1.29, 1.82) is 0 Å². The summed E-state index contributed by atoms with van der Waals surface area (Å²) in [6.45, 7) is 1.41. The molecule has 35 heavy (non-hydrogen) atoms. The van der Waals surface area contributed by atoms with E-state index in [0.29, 0.717) is 16.7 Å². The molecule has 2 atom stereocenters. The van der Waals surface area contributed by atoms with E-state index >= 15 is 0 Å². The fourth-order valence-electron chi connectivity index (χ4n) is 3.90. The zero-order valence-electron chi connectivity index (χ0n) is 18.4. The van der Waals surface area contributed by atoms with Gasteiger partial charge in [0.05, 0.1) is 16.4 Å². The van der Waals surface area contributed by atoms with Crippen LogP contribution in [0.5, 0.6) is 0 Å². The van der Waals surface area contributed by atoms with Gasteiger partial charge in [-0.3, -0.25) is 19.7 Å². The number of carbonyl (C=O) groups excluding carboxylic acids is 2. The lowest BCUT2D eigenvalue weighted by atomic mass is 10.0. The van der Waals surface area contributed by atoms with Gasteiger partial charge in [0, 0.05) is 23.3 Å². The van der Waals surface area contributed by atoms with E-state index in [9.17, 15) is 33.2 Å².